The highest BCUT2D eigenvalue weighted by molar-refractivity contribution is 9.10. The van der Waals surface area contributed by atoms with E-state index in [0.717, 1.165) is 0 Å². The lowest BCUT2D eigenvalue weighted by Crippen LogP contribution is -2.46. The number of carbonyl (C=O) groups excluding carboxylic acids is 1. The van der Waals surface area contributed by atoms with Crippen molar-refractivity contribution in [3.8, 4) is 0 Å². The molecule has 0 aromatic heterocycles. The Balaban J connectivity index is 2.98. The summed E-state index contributed by atoms with van der Waals surface area (Å²) in [5.41, 5.74) is -0.509. The fraction of sp³-hybridized carbons (Fsp3) is 0.500. The molecule has 6 nitrogen and oxygen atoms in total. The van der Waals surface area contributed by atoms with Crippen molar-refractivity contribution in [2.45, 2.75) is 37.3 Å². The molecule has 22 heavy (non-hydrogen) atoms. The maximum atomic E-state index is 12.4. The van der Waals surface area contributed by atoms with Gasteiger partial charge in [0.1, 0.15) is 6.04 Å². The number of hydrogen-bond donors (Lipinski definition) is 1. The van der Waals surface area contributed by atoms with E-state index < -0.39 is 27.6 Å². The number of halogens is 1. The minimum atomic E-state index is -3.89. The molecule has 0 aliphatic carbocycles. The fourth-order valence-corrected chi connectivity index (χ4v) is 3.71. The molecular formula is C14H20BrNO5S. The number of hydrogen-bond acceptors (Lipinski definition) is 5. The molecule has 1 rings (SSSR count). The Labute approximate surface area is 139 Å². The molecule has 1 N–H and O–H groups in total. The zero-order valence-electron chi connectivity index (χ0n) is 12.9. The Hall–Kier alpha value is -0.960. The molecule has 0 amide bonds. The zero-order chi connectivity index (χ0) is 17.0. The van der Waals surface area contributed by atoms with Gasteiger partial charge in [-0.2, -0.15) is 4.72 Å². The van der Waals surface area contributed by atoms with Crippen LogP contribution in [0.4, 0.5) is 0 Å². The summed E-state index contributed by atoms with van der Waals surface area (Å²) in [5, 5.41) is 0. The van der Waals surface area contributed by atoms with Crippen molar-refractivity contribution in [2.24, 2.45) is 0 Å². The van der Waals surface area contributed by atoms with E-state index in [9.17, 15) is 13.2 Å². The summed E-state index contributed by atoms with van der Waals surface area (Å²) in [6.45, 7) is 5.30. The van der Waals surface area contributed by atoms with Crippen molar-refractivity contribution < 1.29 is 22.7 Å². The zero-order valence-corrected chi connectivity index (χ0v) is 15.3. The Morgan fingerprint density at radius 1 is 1.32 bits per heavy atom. The molecule has 0 aliphatic heterocycles. The number of benzene rings is 1. The molecule has 0 heterocycles. The maximum absolute atomic E-state index is 12.4. The van der Waals surface area contributed by atoms with E-state index in [-0.39, 0.29) is 11.5 Å². The predicted molar refractivity (Wildman–Crippen MR) is 86.0 cm³/mol. The van der Waals surface area contributed by atoms with E-state index in [4.69, 9.17) is 4.74 Å². The lowest BCUT2D eigenvalue weighted by molar-refractivity contribution is -0.145. The molecule has 1 aromatic rings. The minimum Gasteiger partial charge on any atom is -0.468 e. The third-order valence-electron chi connectivity index (χ3n) is 2.59. The van der Waals surface area contributed by atoms with Crippen molar-refractivity contribution in [2.75, 3.05) is 13.7 Å². The number of carbonyl (C=O) groups is 1. The third-order valence-corrected chi connectivity index (χ3v) is 5.08. The summed E-state index contributed by atoms with van der Waals surface area (Å²) in [6, 6.07) is 5.21. The molecule has 0 fully saturated rings. The first-order chi connectivity index (χ1) is 10.1. The topological polar surface area (TPSA) is 81.7 Å². The van der Waals surface area contributed by atoms with Crippen LogP contribution in [0, 0.1) is 0 Å². The number of nitrogens with one attached hydrogen (secondary N) is 1. The Morgan fingerprint density at radius 2 is 1.91 bits per heavy atom. The van der Waals surface area contributed by atoms with Crippen LogP contribution in [0.5, 0.6) is 0 Å². The van der Waals surface area contributed by atoms with Gasteiger partial charge >= 0.3 is 5.97 Å². The summed E-state index contributed by atoms with van der Waals surface area (Å²) in [5.74, 6) is -0.708. The molecule has 0 spiro atoms. The molecule has 0 aliphatic rings. The summed E-state index contributed by atoms with van der Waals surface area (Å²) >= 11 is 3.18. The highest BCUT2D eigenvalue weighted by Gasteiger charge is 2.29. The van der Waals surface area contributed by atoms with Crippen LogP contribution in [-0.4, -0.2) is 39.7 Å². The Morgan fingerprint density at radius 3 is 2.41 bits per heavy atom. The van der Waals surface area contributed by atoms with Crippen LogP contribution in [0.2, 0.25) is 0 Å². The molecule has 0 saturated carbocycles. The first-order valence-electron chi connectivity index (χ1n) is 6.55. The first-order valence-corrected chi connectivity index (χ1v) is 8.83. The minimum absolute atomic E-state index is 0.0414. The smallest absolute Gasteiger partial charge is 0.326 e. The molecular weight excluding hydrogens is 374 g/mol. The highest BCUT2D eigenvalue weighted by atomic mass is 79.9. The molecule has 0 bridgehead atoms. The average molecular weight is 394 g/mol. The molecule has 0 radical (unpaired) electrons. The lowest BCUT2D eigenvalue weighted by Gasteiger charge is -2.23. The van der Waals surface area contributed by atoms with Gasteiger partial charge in [-0.25, -0.2) is 8.42 Å². The predicted octanol–water partition coefficient (Wildman–Crippen LogP) is 2.08. The van der Waals surface area contributed by atoms with Crippen molar-refractivity contribution >= 4 is 31.9 Å². The van der Waals surface area contributed by atoms with Gasteiger partial charge in [-0.05, 0) is 48.8 Å². The van der Waals surface area contributed by atoms with Gasteiger partial charge in [0, 0.05) is 4.47 Å². The largest absolute Gasteiger partial charge is 0.468 e. The van der Waals surface area contributed by atoms with Gasteiger partial charge in [0.15, 0.2) is 0 Å². The normalized spacial score (nSPS) is 13.7. The molecule has 8 heteroatoms. The SMILES string of the molecule is COC(=O)C(COC(C)(C)C)NS(=O)(=O)c1ccccc1Br. The van der Waals surface area contributed by atoms with Gasteiger partial charge in [0.05, 0.1) is 24.2 Å². The summed E-state index contributed by atoms with van der Waals surface area (Å²) in [7, 11) is -2.70. The van der Waals surface area contributed by atoms with Gasteiger partial charge in [0.25, 0.3) is 0 Å². The Kier molecular flexibility index (Phi) is 6.54. The number of ether oxygens (including phenoxy) is 2. The van der Waals surface area contributed by atoms with Gasteiger partial charge in [0.2, 0.25) is 10.0 Å². The van der Waals surface area contributed by atoms with Crippen LogP contribution in [0.3, 0.4) is 0 Å². The standard InChI is InChI=1S/C14H20BrNO5S/c1-14(2,3)21-9-11(13(17)20-4)16-22(18,19)12-8-6-5-7-10(12)15/h5-8,11,16H,9H2,1-4H3. The molecule has 1 unspecified atom stereocenters. The van der Waals surface area contributed by atoms with Crippen LogP contribution in [-0.2, 0) is 24.3 Å². The number of esters is 1. The molecule has 124 valence electrons. The number of methoxy groups -OCH3 is 1. The second-order valence-corrected chi connectivity index (χ2v) is 8.09. The van der Waals surface area contributed by atoms with Crippen molar-refractivity contribution in [1.29, 1.82) is 0 Å². The first kappa shape index (κ1) is 19.1. The van der Waals surface area contributed by atoms with Gasteiger partial charge in [-0.1, -0.05) is 12.1 Å². The third kappa shape index (κ3) is 5.68. The summed E-state index contributed by atoms with van der Waals surface area (Å²) in [4.78, 5) is 11.8. The van der Waals surface area contributed by atoms with Crippen molar-refractivity contribution in [3.05, 3.63) is 28.7 Å². The second kappa shape index (κ2) is 7.54. The van der Waals surface area contributed by atoms with Gasteiger partial charge in [-0.3, -0.25) is 4.79 Å². The monoisotopic (exact) mass is 393 g/mol. The van der Waals surface area contributed by atoms with Crippen LogP contribution >= 0.6 is 15.9 Å². The van der Waals surface area contributed by atoms with E-state index in [1.165, 1.54) is 13.2 Å². The Bertz CT molecular complexity index is 624. The van der Waals surface area contributed by atoms with Crippen LogP contribution in [0.15, 0.2) is 33.6 Å². The second-order valence-electron chi connectivity index (χ2n) is 5.55. The van der Waals surface area contributed by atoms with Gasteiger partial charge in [-0.15, -0.1) is 0 Å². The summed E-state index contributed by atoms with van der Waals surface area (Å²) < 4.78 is 37.6. The van der Waals surface area contributed by atoms with Crippen LogP contribution in [0.25, 0.3) is 0 Å². The molecule has 0 saturated heterocycles. The van der Waals surface area contributed by atoms with Crippen molar-refractivity contribution in [1.82, 2.24) is 4.72 Å². The van der Waals surface area contributed by atoms with E-state index in [1.807, 2.05) is 20.8 Å². The van der Waals surface area contributed by atoms with E-state index in [1.54, 1.807) is 18.2 Å². The lowest BCUT2D eigenvalue weighted by atomic mass is 10.2. The average Bonchev–Trinajstić information content (AvgIpc) is 2.41. The van der Waals surface area contributed by atoms with E-state index >= 15 is 0 Å². The quantitative estimate of drug-likeness (QED) is 0.748. The number of sulfonamides is 1. The van der Waals surface area contributed by atoms with Gasteiger partial charge < -0.3 is 9.47 Å². The number of rotatable bonds is 6. The summed E-state index contributed by atoms with van der Waals surface area (Å²) in [6.07, 6.45) is 0. The van der Waals surface area contributed by atoms with Crippen LogP contribution < -0.4 is 4.72 Å². The van der Waals surface area contributed by atoms with Crippen LogP contribution in [0.1, 0.15) is 20.8 Å². The fourth-order valence-electron chi connectivity index (χ4n) is 1.54. The van der Waals surface area contributed by atoms with E-state index in [2.05, 4.69) is 25.4 Å². The van der Waals surface area contributed by atoms with E-state index in [0.29, 0.717) is 4.47 Å². The van der Waals surface area contributed by atoms with Crippen molar-refractivity contribution in [3.63, 3.8) is 0 Å². The highest BCUT2D eigenvalue weighted by Crippen LogP contribution is 2.21. The molecule has 1 aromatic carbocycles. The maximum Gasteiger partial charge on any atom is 0.326 e. The molecule has 1 atom stereocenters.